The number of fused-ring (bicyclic) bond motifs is 3. The van der Waals surface area contributed by atoms with E-state index in [0.29, 0.717) is 34.3 Å². The molecule has 6 rings (SSSR count). The molecular formula is C35H37N5O7. The second-order valence-corrected chi connectivity index (χ2v) is 11.8. The summed E-state index contributed by atoms with van der Waals surface area (Å²) in [5.74, 6) is 0.949. The van der Waals surface area contributed by atoms with Gasteiger partial charge in [0, 0.05) is 42.3 Å². The maximum atomic E-state index is 13.8. The lowest BCUT2D eigenvalue weighted by atomic mass is 9.99. The number of likely N-dealkylation sites (N-methyl/N-ethyl adjacent to an activating group) is 1. The predicted molar refractivity (Wildman–Crippen MR) is 178 cm³/mol. The summed E-state index contributed by atoms with van der Waals surface area (Å²) in [6.45, 7) is 4.10. The van der Waals surface area contributed by atoms with E-state index in [0.717, 1.165) is 10.8 Å². The molecule has 0 aliphatic carbocycles. The molecule has 2 aliphatic rings. The van der Waals surface area contributed by atoms with Gasteiger partial charge in [0.1, 0.15) is 11.9 Å². The zero-order chi connectivity index (χ0) is 33.1. The number of hydrogen-bond acceptors (Lipinski definition) is 7. The SMILES string of the molecule is C[C@@H]1CN([C@@H](C)CO)C(=O)c2cc(NC(=O)Nc3cccc4ccccc34)ccc2O[C@H]1CN(C)C(=O)Nc1ccc2c(c1)OCO2. The second-order valence-electron chi connectivity index (χ2n) is 11.8. The van der Waals surface area contributed by atoms with E-state index < -0.39 is 18.2 Å². The number of carbonyl (C=O) groups excluding carboxylic acids is 3. The van der Waals surface area contributed by atoms with Crippen molar-refractivity contribution >= 4 is 45.8 Å². The summed E-state index contributed by atoms with van der Waals surface area (Å²) in [6, 6.07) is 22.1. The van der Waals surface area contributed by atoms with Crippen molar-refractivity contribution in [2.45, 2.75) is 26.0 Å². The monoisotopic (exact) mass is 639 g/mol. The van der Waals surface area contributed by atoms with Crippen molar-refractivity contribution in [1.29, 1.82) is 0 Å². The molecule has 0 fully saturated rings. The van der Waals surface area contributed by atoms with Crippen LogP contribution in [0.15, 0.2) is 78.9 Å². The number of aliphatic hydroxyl groups is 1. The second kappa shape index (κ2) is 13.5. The van der Waals surface area contributed by atoms with Gasteiger partial charge in [-0.25, -0.2) is 9.59 Å². The zero-order valence-electron chi connectivity index (χ0n) is 26.4. The smallest absolute Gasteiger partial charge is 0.323 e. The fraction of sp³-hybridized carbons (Fsp3) is 0.286. The maximum absolute atomic E-state index is 13.8. The molecule has 5 amide bonds. The Morgan fingerprint density at radius 1 is 0.936 bits per heavy atom. The molecule has 0 aromatic heterocycles. The number of benzene rings is 4. The van der Waals surface area contributed by atoms with Gasteiger partial charge in [-0.1, -0.05) is 43.3 Å². The van der Waals surface area contributed by atoms with E-state index in [1.54, 1.807) is 55.3 Å². The molecule has 0 saturated carbocycles. The van der Waals surface area contributed by atoms with Crippen molar-refractivity contribution in [3.63, 3.8) is 0 Å². The number of amides is 5. The normalized spacial score (nSPS) is 17.5. The third-order valence-corrected chi connectivity index (χ3v) is 8.38. The third kappa shape index (κ3) is 6.87. The third-order valence-electron chi connectivity index (χ3n) is 8.38. The van der Waals surface area contributed by atoms with Crippen LogP contribution in [-0.4, -0.2) is 78.6 Å². The van der Waals surface area contributed by atoms with E-state index in [4.69, 9.17) is 14.2 Å². The molecule has 47 heavy (non-hydrogen) atoms. The number of urea groups is 2. The van der Waals surface area contributed by atoms with E-state index in [1.807, 2.05) is 49.4 Å². The van der Waals surface area contributed by atoms with Crippen molar-refractivity contribution in [3.05, 3.63) is 84.4 Å². The highest BCUT2D eigenvalue weighted by Gasteiger charge is 2.34. The number of nitrogens with one attached hydrogen (secondary N) is 3. The number of aliphatic hydroxyl groups excluding tert-OH is 1. The molecule has 2 heterocycles. The van der Waals surface area contributed by atoms with Gasteiger partial charge in [-0.3, -0.25) is 4.79 Å². The number of nitrogens with zero attached hydrogens (tertiary/aromatic N) is 2. The van der Waals surface area contributed by atoms with Crippen molar-refractivity contribution < 1.29 is 33.7 Å². The Balaban J connectivity index is 1.20. The first-order chi connectivity index (χ1) is 22.7. The van der Waals surface area contributed by atoms with Crippen LogP contribution in [0.25, 0.3) is 10.8 Å². The van der Waals surface area contributed by atoms with Gasteiger partial charge >= 0.3 is 12.1 Å². The van der Waals surface area contributed by atoms with Gasteiger partial charge < -0.3 is 45.1 Å². The average Bonchev–Trinajstić information content (AvgIpc) is 3.54. The lowest BCUT2D eigenvalue weighted by Crippen LogP contribution is -2.50. The van der Waals surface area contributed by atoms with Gasteiger partial charge in [0.15, 0.2) is 11.5 Å². The fourth-order valence-electron chi connectivity index (χ4n) is 5.68. The summed E-state index contributed by atoms with van der Waals surface area (Å²) in [7, 11) is 1.67. The van der Waals surface area contributed by atoms with Gasteiger partial charge in [-0.05, 0) is 48.7 Å². The Kier molecular flexibility index (Phi) is 9.03. The molecule has 0 bridgehead atoms. The molecule has 4 aromatic rings. The van der Waals surface area contributed by atoms with Crippen molar-refractivity contribution in [2.75, 3.05) is 49.5 Å². The number of rotatable bonds is 7. The first-order valence-electron chi connectivity index (χ1n) is 15.4. The topological polar surface area (TPSA) is 142 Å². The minimum atomic E-state index is -0.504. The molecule has 0 spiro atoms. The Morgan fingerprint density at radius 3 is 2.47 bits per heavy atom. The molecule has 12 nitrogen and oxygen atoms in total. The van der Waals surface area contributed by atoms with E-state index in [2.05, 4.69) is 16.0 Å². The van der Waals surface area contributed by atoms with Crippen molar-refractivity contribution in [3.8, 4) is 17.2 Å². The highest BCUT2D eigenvalue weighted by Crippen LogP contribution is 2.35. The molecule has 0 radical (unpaired) electrons. The van der Waals surface area contributed by atoms with Gasteiger partial charge in [0.25, 0.3) is 5.91 Å². The number of carbonyl (C=O) groups is 3. The summed E-state index contributed by atoms with van der Waals surface area (Å²) in [5.41, 5.74) is 1.83. The number of hydrogen-bond donors (Lipinski definition) is 4. The molecule has 4 N–H and O–H groups in total. The van der Waals surface area contributed by atoms with E-state index >= 15 is 0 Å². The molecular weight excluding hydrogens is 602 g/mol. The fourth-order valence-corrected chi connectivity index (χ4v) is 5.68. The van der Waals surface area contributed by atoms with Gasteiger partial charge in [-0.2, -0.15) is 0 Å². The summed E-state index contributed by atoms with van der Waals surface area (Å²) >= 11 is 0. The Hall–Kier alpha value is -5.49. The zero-order valence-corrected chi connectivity index (χ0v) is 26.4. The maximum Gasteiger partial charge on any atom is 0.323 e. The van der Waals surface area contributed by atoms with Gasteiger partial charge in [-0.15, -0.1) is 0 Å². The minimum absolute atomic E-state index is 0.134. The van der Waals surface area contributed by atoms with Crippen LogP contribution in [-0.2, 0) is 0 Å². The first-order valence-corrected chi connectivity index (χ1v) is 15.4. The molecule has 4 aromatic carbocycles. The molecule has 2 aliphatic heterocycles. The first kappa shape index (κ1) is 31.5. The highest BCUT2D eigenvalue weighted by atomic mass is 16.7. The van der Waals surface area contributed by atoms with Crippen LogP contribution < -0.4 is 30.2 Å². The predicted octanol–water partition coefficient (Wildman–Crippen LogP) is 5.60. The lowest BCUT2D eigenvalue weighted by molar-refractivity contribution is 0.0371. The van der Waals surface area contributed by atoms with Crippen LogP contribution in [0.2, 0.25) is 0 Å². The largest absolute Gasteiger partial charge is 0.487 e. The van der Waals surface area contributed by atoms with Crippen LogP contribution in [0.5, 0.6) is 17.2 Å². The minimum Gasteiger partial charge on any atom is -0.487 e. The van der Waals surface area contributed by atoms with Crippen LogP contribution in [0.4, 0.5) is 26.7 Å². The van der Waals surface area contributed by atoms with Crippen LogP contribution in [0.1, 0.15) is 24.2 Å². The summed E-state index contributed by atoms with van der Waals surface area (Å²) in [4.78, 5) is 43.2. The number of ether oxygens (including phenoxy) is 3. The van der Waals surface area contributed by atoms with Crippen LogP contribution in [0, 0.1) is 5.92 Å². The van der Waals surface area contributed by atoms with Crippen LogP contribution in [0.3, 0.4) is 0 Å². The van der Waals surface area contributed by atoms with Gasteiger partial charge in [0.05, 0.1) is 30.4 Å². The summed E-state index contributed by atoms with van der Waals surface area (Å²) in [6.07, 6.45) is -0.504. The quantitative estimate of drug-likeness (QED) is 0.206. The van der Waals surface area contributed by atoms with E-state index in [1.165, 1.54) is 4.90 Å². The Bertz CT molecular complexity index is 1810. The molecule has 0 saturated heterocycles. The summed E-state index contributed by atoms with van der Waals surface area (Å²) in [5, 5.41) is 20.5. The average molecular weight is 640 g/mol. The van der Waals surface area contributed by atoms with Crippen molar-refractivity contribution in [1.82, 2.24) is 9.80 Å². The molecule has 0 unspecified atom stereocenters. The van der Waals surface area contributed by atoms with Crippen LogP contribution >= 0.6 is 0 Å². The highest BCUT2D eigenvalue weighted by molar-refractivity contribution is 6.07. The Morgan fingerprint density at radius 2 is 1.66 bits per heavy atom. The Labute approximate surface area is 272 Å². The molecule has 3 atom stereocenters. The van der Waals surface area contributed by atoms with Gasteiger partial charge in [0.2, 0.25) is 6.79 Å². The van der Waals surface area contributed by atoms with E-state index in [9.17, 15) is 19.5 Å². The molecule has 12 heteroatoms. The number of anilines is 3. The summed E-state index contributed by atoms with van der Waals surface area (Å²) < 4.78 is 17.2. The lowest BCUT2D eigenvalue weighted by Gasteiger charge is -2.38. The standard InChI is InChI=1S/C35H37N5O7/c1-21-17-40(22(2)19-41)33(42)27-15-24(36-34(43)38-28-10-6-8-23-7-4-5-9-26(23)28)11-13-29(27)47-32(21)18-39(3)35(44)37-25-12-14-30-31(16-25)46-20-45-30/h4-16,21-22,32,41H,17-20H2,1-3H3,(H,37,44)(H2,36,38,43)/t21-,22+,32+/m1/s1. The van der Waals surface area contributed by atoms with E-state index in [-0.39, 0.29) is 49.9 Å². The van der Waals surface area contributed by atoms with Crippen molar-refractivity contribution in [2.24, 2.45) is 5.92 Å². The molecule has 244 valence electrons.